The van der Waals surface area contributed by atoms with Crippen LogP contribution in [-0.4, -0.2) is 33.2 Å². The summed E-state index contributed by atoms with van der Waals surface area (Å²) in [6.07, 6.45) is 0.311. The van der Waals surface area contributed by atoms with Gasteiger partial charge in [0.1, 0.15) is 6.04 Å². The average Bonchev–Trinajstić information content (AvgIpc) is 2.31. The van der Waals surface area contributed by atoms with Crippen molar-refractivity contribution < 1.29 is 24.9 Å². The molecule has 19 heavy (non-hydrogen) atoms. The lowest BCUT2D eigenvalue weighted by Crippen LogP contribution is -2.41. The van der Waals surface area contributed by atoms with E-state index >= 15 is 0 Å². The smallest absolute Gasteiger partial charge is 0.326 e. The molecule has 4 N–H and O–H groups in total. The molecule has 6 heteroatoms. The summed E-state index contributed by atoms with van der Waals surface area (Å²) < 4.78 is 0. The first-order valence-corrected chi connectivity index (χ1v) is 5.87. The lowest BCUT2D eigenvalue weighted by Gasteiger charge is -2.16. The van der Waals surface area contributed by atoms with E-state index in [1.165, 1.54) is 12.1 Å². The molecule has 0 aliphatic heterocycles. The van der Waals surface area contributed by atoms with Gasteiger partial charge in [-0.15, -0.1) is 0 Å². The number of rotatable bonds is 5. The number of carbonyl (C=O) groups is 2. The highest BCUT2D eigenvalue weighted by Crippen LogP contribution is 2.24. The molecule has 0 saturated heterocycles. The third-order valence-electron chi connectivity index (χ3n) is 2.55. The van der Waals surface area contributed by atoms with Gasteiger partial charge in [0.2, 0.25) is 0 Å². The van der Waals surface area contributed by atoms with Gasteiger partial charge in [-0.1, -0.05) is 13.8 Å². The Hall–Kier alpha value is -2.24. The Labute approximate surface area is 110 Å². The molecule has 0 heterocycles. The summed E-state index contributed by atoms with van der Waals surface area (Å²) in [6.45, 7) is 3.71. The zero-order valence-corrected chi connectivity index (χ0v) is 10.8. The molecule has 1 atom stereocenters. The first kappa shape index (κ1) is 14.8. The first-order valence-electron chi connectivity index (χ1n) is 5.87. The Morgan fingerprint density at radius 1 is 1.21 bits per heavy atom. The van der Waals surface area contributed by atoms with Gasteiger partial charge in [-0.3, -0.25) is 4.79 Å². The molecule has 1 unspecified atom stereocenters. The van der Waals surface area contributed by atoms with Crippen LogP contribution in [0.1, 0.15) is 30.6 Å². The number of amides is 1. The number of hydrogen-bond acceptors (Lipinski definition) is 4. The van der Waals surface area contributed by atoms with E-state index < -0.39 is 23.7 Å². The van der Waals surface area contributed by atoms with E-state index in [9.17, 15) is 14.7 Å². The van der Waals surface area contributed by atoms with Gasteiger partial charge in [0.05, 0.1) is 0 Å². The van der Waals surface area contributed by atoms with Crippen LogP contribution >= 0.6 is 0 Å². The first-order chi connectivity index (χ1) is 8.81. The van der Waals surface area contributed by atoms with Gasteiger partial charge in [0.15, 0.2) is 11.5 Å². The Bertz CT molecular complexity index is 484. The van der Waals surface area contributed by atoms with Crippen molar-refractivity contribution in [1.29, 1.82) is 0 Å². The second kappa shape index (κ2) is 6.08. The summed E-state index contributed by atoms with van der Waals surface area (Å²) in [5.41, 5.74) is 0.0882. The van der Waals surface area contributed by atoms with E-state index in [2.05, 4.69) is 5.32 Å². The topological polar surface area (TPSA) is 107 Å². The number of hydrogen-bond donors (Lipinski definition) is 4. The number of carboxylic acids is 1. The minimum Gasteiger partial charge on any atom is -0.504 e. The number of nitrogens with one attached hydrogen (secondary N) is 1. The van der Waals surface area contributed by atoms with E-state index in [0.29, 0.717) is 6.42 Å². The van der Waals surface area contributed by atoms with Gasteiger partial charge in [-0.25, -0.2) is 4.79 Å². The number of benzene rings is 1. The monoisotopic (exact) mass is 267 g/mol. The molecule has 1 aromatic carbocycles. The van der Waals surface area contributed by atoms with Crippen LogP contribution in [0.25, 0.3) is 0 Å². The van der Waals surface area contributed by atoms with Crippen LogP contribution in [0.15, 0.2) is 18.2 Å². The number of carboxylic acid groups (broad SMARTS) is 1. The van der Waals surface area contributed by atoms with Gasteiger partial charge in [-0.2, -0.15) is 0 Å². The largest absolute Gasteiger partial charge is 0.504 e. The summed E-state index contributed by atoms with van der Waals surface area (Å²) in [5, 5.41) is 29.8. The molecule has 0 aliphatic rings. The molecule has 1 rings (SSSR count). The molecule has 104 valence electrons. The standard InChI is InChI=1S/C13H17NO5/c1-7(2)5-9(13(18)19)14-12(17)8-3-4-10(15)11(16)6-8/h3-4,6-7,9,15-16H,5H2,1-2H3,(H,14,17)(H,18,19). The number of aliphatic carboxylic acids is 1. The fourth-order valence-electron chi connectivity index (χ4n) is 1.60. The van der Waals surface area contributed by atoms with Crippen LogP contribution in [0.4, 0.5) is 0 Å². The summed E-state index contributed by atoms with van der Waals surface area (Å²) in [6, 6.07) is 2.57. The fourth-order valence-corrected chi connectivity index (χ4v) is 1.60. The van der Waals surface area contributed by atoms with Crippen molar-refractivity contribution in [2.45, 2.75) is 26.3 Å². The molecule has 6 nitrogen and oxygen atoms in total. The van der Waals surface area contributed by atoms with Gasteiger partial charge >= 0.3 is 5.97 Å². The summed E-state index contributed by atoms with van der Waals surface area (Å²) in [5.74, 6) is -2.36. The molecule has 0 bridgehead atoms. The van der Waals surface area contributed by atoms with Crippen molar-refractivity contribution in [2.24, 2.45) is 5.92 Å². The van der Waals surface area contributed by atoms with E-state index in [-0.39, 0.29) is 17.2 Å². The second-order valence-electron chi connectivity index (χ2n) is 4.70. The van der Waals surface area contributed by atoms with Crippen LogP contribution in [0.2, 0.25) is 0 Å². The molecule has 0 saturated carbocycles. The molecule has 0 radical (unpaired) electrons. The van der Waals surface area contributed by atoms with Crippen molar-refractivity contribution in [3.05, 3.63) is 23.8 Å². The number of phenolic OH excluding ortho intramolecular Hbond substituents is 2. The molecule has 1 amide bonds. The second-order valence-corrected chi connectivity index (χ2v) is 4.70. The average molecular weight is 267 g/mol. The third kappa shape index (κ3) is 4.17. The third-order valence-corrected chi connectivity index (χ3v) is 2.55. The molecule has 0 spiro atoms. The number of carbonyl (C=O) groups excluding carboxylic acids is 1. The fraction of sp³-hybridized carbons (Fsp3) is 0.385. The summed E-state index contributed by atoms with van der Waals surface area (Å²) in [7, 11) is 0. The SMILES string of the molecule is CC(C)CC(NC(=O)c1ccc(O)c(O)c1)C(=O)O. The lowest BCUT2D eigenvalue weighted by atomic mass is 10.0. The molecule has 1 aromatic rings. The highest BCUT2D eigenvalue weighted by Gasteiger charge is 2.22. The van der Waals surface area contributed by atoms with E-state index in [1.54, 1.807) is 0 Å². The zero-order valence-electron chi connectivity index (χ0n) is 10.8. The van der Waals surface area contributed by atoms with Crippen molar-refractivity contribution in [3.63, 3.8) is 0 Å². The predicted octanol–water partition coefficient (Wildman–Crippen LogP) is 1.33. The Kier molecular flexibility index (Phi) is 4.74. The molecule has 0 fully saturated rings. The van der Waals surface area contributed by atoms with Crippen molar-refractivity contribution in [3.8, 4) is 11.5 Å². The minimum atomic E-state index is -1.11. The number of phenols is 2. The van der Waals surface area contributed by atoms with Crippen molar-refractivity contribution >= 4 is 11.9 Å². The van der Waals surface area contributed by atoms with E-state index in [0.717, 1.165) is 6.07 Å². The van der Waals surface area contributed by atoms with E-state index in [1.807, 2.05) is 13.8 Å². The maximum Gasteiger partial charge on any atom is 0.326 e. The molecular formula is C13H17NO5. The van der Waals surface area contributed by atoms with Crippen LogP contribution in [0.3, 0.4) is 0 Å². The van der Waals surface area contributed by atoms with Crippen LogP contribution in [0, 0.1) is 5.92 Å². The zero-order chi connectivity index (χ0) is 14.6. The maximum absolute atomic E-state index is 11.8. The van der Waals surface area contributed by atoms with Gasteiger partial charge < -0.3 is 20.6 Å². The minimum absolute atomic E-state index is 0.0882. The van der Waals surface area contributed by atoms with Crippen LogP contribution in [0.5, 0.6) is 11.5 Å². The Morgan fingerprint density at radius 3 is 2.32 bits per heavy atom. The quantitative estimate of drug-likeness (QED) is 0.602. The molecule has 0 aliphatic carbocycles. The lowest BCUT2D eigenvalue weighted by molar-refractivity contribution is -0.139. The van der Waals surface area contributed by atoms with Crippen LogP contribution in [-0.2, 0) is 4.79 Å². The van der Waals surface area contributed by atoms with E-state index in [4.69, 9.17) is 10.2 Å². The number of aromatic hydroxyl groups is 2. The van der Waals surface area contributed by atoms with Crippen molar-refractivity contribution in [1.82, 2.24) is 5.32 Å². The van der Waals surface area contributed by atoms with Gasteiger partial charge in [0.25, 0.3) is 5.91 Å². The molecular weight excluding hydrogens is 250 g/mol. The molecule has 0 aromatic heterocycles. The highest BCUT2D eigenvalue weighted by molar-refractivity contribution is 5.97. The van der Waals surface area contributed by atoms with Gasteiger partial charge in [0, 0.05) is 5.56 Å². The summed E-state index contributed by atoms with van der Waals surface area (Å²) >= 11 is 0. The Morgan fingerprint density at radius 2 is 1.84 bits per heavy atom. The maximum atomic E-state index is 11.8. The normalized spacial score (nSPS) is 12.2. The van der Waals surface area contributed by atoms with Crippen LogP contribution < -0.4 is 5.32 Å². The highest BCUT2D eigenvalue weighted by atomic mass is 16.4. The predicted molar refractivity (Wildman–Crippen MR) is 68.1 cm³/mol. The van der Waals surface area contributed by atoms with Crippen molar-refractivity contribution in [2.75, 3.05) is 0 Å². The Balaban J connectivity index is 2.81. The van der Waals surface area contributed by atoms with Gasteiger partial charge in [-0.05, 0) is 30.5 Å². The summed E-state index contributed by atoms with van der Waals surface area (Å²) in [4.78, 5) is 22.9.